The first kappa shape index (κ1) is 19.5. The van der Waals surface area contributed by atoms with Gasteiger partial charge in [-0.25, -0.2) is 0 Å². The zero-order chi connectivity index (χ0) is 19.1. The van der Waals surface area contributed by atoms with Crippen molar-refractivity contribution in [2.45, 2.75) is 13.0 Å². The van der Waals surface area contributed by atoms with Gasteiger partial charge in [-0.15, -0.1) is 0 Å². The molecule has 2 fully saturated rings. The van der Waals surface area contributed by atoms with Crippen molar-refractivity contribution >= 4 is 6.47 Å². The molecule has 0 unspecified atom stereocenters. The highest BCUT2D eigenvalue weighted by Crippen LogP contribution is 2.41. The van der Waals surface area contributed by atoms with Gasteiger partial charge in [0.1, 0.15) is 0 Å². The lowest BCUT2D eigenvalue weighted by Crippen LogP contribution is -2.42. The maximum absolute atomic E-state index is 9.88. The second-order valence-electron chi connectivity index (χ2n) is 7.25. The second-order valence-corrected chi connectivity index (χ2v) is 7.25. The number of nitrogens with zero attached hydrogens (tertiary/aromatic N) is 2. The number of pyridine rings is 1. The van der Waals surface area contributed by atoms with Crippen LogP contribution in [0.4, 0.5) is 0 Å². The van der Waals surface area contributed by atoms with E-state index in [-0.39, 0.29) is 18.5 Å². The molecule has 0 bridgehead atoms. The molecule has 1 aromatic heterocycles. The Balaban J connectivity index is 0.000000659. The monoisotopic (exact) mass is 370 g/mol. The Hall–Kier alpha value is -2.28. The fourth-order valence-corrected chi connectivity index (χ4v) is 4.12. The molecule has 6 heteroatoms. The van der Waals surface area contributed by atoms with Crippen LogP contribution in [-0.2, 0) is 16.1 Å². The summed E-state index contributed by atoms with van der Waals surface area (Å²) in [4.78, 5) is 15.2. The first-order valence-electron chi connectivity index (χ1n) is 9.20. The van der Waals surface area contributed by atoms with E-state index in [9.17, 15) is 5.11 Å². The van der Waals surface area contributed by atoms with E-state index in [1.54, 1.807) is 0 Å². The van der Waals surface area contributed by atoms with Crippen LogP contribution in [0.15, 0.2) is 48.7 Å². The van der Waals surface area contributed by atoms with Crippen molar-refractivity contribution in [1.29, 1.82) is 0 Å². The summed E-state index contributed by atoms with van der Waals surface area (Å²) in [6.45, 7) is 4.43. The summed E-state index contributed by atoms with van der Waals surface area (Å²) in [6, 6.07) is 14.6. The first-order valence-corrected chi connectivity index (χ1v) is 9.20. The molecule has 2 aliphatic rings. The Bertz CT molecular complexity index is 723. The van der Waals surface area contributed by atoms with Crippen LogP contribution in [-0.4, -0.2) is 59.5 Å². The number of hydrogen-bond acceptors (Lipinski definition) is 5. The molecule has 27 heavy (non-hydrogen) atoms. The van der Waals surface area contributed by atoms with Crippen LogP contribution in [0.3, 0.4) is 0 Å². The summed E-state index contributed by atoms with van der Waals surface area (Å²) >= 11 is 0. The van der Waals surface area contributed by atoms with E-state index >= 15 is 0 Å². The highest BCUT2D eigenvalue weighted by Gasteiger charge is 2.47. The van der Waals surface area contributed by atoms with Crippen molar-refractivity contribution in [2.24, 2.45) is 11.3 Å². The van der Waals surface area contributed by atoms with Crippen molar-refractivity contribution in [1.82, 2.24) is 9.88 Å². The Morgan fingerprint density at radius 3 is 2.67 bits per heavy atom. The zero-order valence-corrected chi connectivity index (χ0v) is 15.3. The van der Waals surface area contributed by atoms with Crippen LogP contribution in [0.2, 0.25) is 0 Å². The molecule has 2 aliphatic heterocycles. The maximum Gasteiger partial charge on any atom is 0.290 e. The summed E-state index contributed by atoms with van der Waals surface area (Å²) in [5, 5.41) is 16.8. The average molecular weight is 370 g/mol. The number of hydrogen-bond donors (Lipinski definition) is 2. The Kier molecular flexibility index (Phi) is 6.55. The minimum atomic E-state index is -0.250. The summed E-state index contributed by atoms with van der Waals surface area (Å²) in [5.74, 6) is 0.559. The van der Waals surface area contributed by atoms with E-state index in [1.165, 1.54) is 5.56 Å². The van der Waals surface area contributed by atoms with Gasteiger partial charge >= 0.3 is 0 Å². The lowest BCUT2D eigenvalue weighted by molar-refractivity contribution is -0.122. The molecule has 2 aromatic rings. The molecule has 0 radical (unpaired) electrons. The van der Waals surface area contributed by atoms with Crippen LogP contribution in [0.25, 0.3) is 11.3 Å². The molecule has 1 aromatic carbocycles. The van der Waals surface area contributed by atoms with Crippen molar-refractivity contribution < 1.29 is 19.7 Å². The van der Waals surface area contributed by atoms with E-state index in [0.29, 0.717) is 12.5 Å². The van der Waals surface area contributed by atoms with Gasteiger partial charge in [-0.3, -0.25) is 14.7 Å². The molecular formula is C21H26N2O4. The number of ether oxygens (including phenoxy) is 1. The van der Waals surface area contributed by atoms with Crippen LogP contribution < -0.4 is 0 Å². The predicted molar refractivity (Wildman–Crippen MR) is 102 cm³/mol. The normalized spacial score (nSPS) is 24.6. The number of aliphatic hydroxyl groups excluding tert-OH is 1. The highest BCUT2D eigenvalue weighted by molar-refractivity contribution is 5.58. The molecule has 3 heterocycles. The van der Waals surface area contributed by atoms with Gasteiger partial charge in [0, 0.05) is 43.4 Å². The van der Waals surface area contributed by atoms with Gasteiger partial charge in [-0.1, -0.05) is 30.3 Å². The van der Waals surface area contributed by atoms with Gasteiger partial charge in [0.25, 0.3) is 6.47 Å². The van der Waals surface area contributed by atoms with Crippen molar-refractivity contribution in [3.8, 4) is 11.3 Å². The minimum Gasteiger partial charge on any atom is -0.483 e. The molecule has 2 atom stereocenters. The molecule has 6 nitrogen and oxygen atoms in total. The third-order valence-corrected chi connectivity index (χ3v) is 5.52. The number of benzene rings is 1. The van der Waals surface area contributed by atoms with Gasteiger partial charge in [0.2, 0.25) is 0 Å². The molecule has 2 N–H and O–H groups in total. The molecule has 0 amide bonds. The van der Waals surface area contributed by atoms with E-state index < -0.39 is 0 Å². The van der Waals surface area contributed by atoms with Crippen molar-refractivity contribution in [2.75, 3.05) is 32.9 Å². The summed E-state index contributed by atoms with van der Waals surface area (Å²) in [5.41, 5.74) is 3.41. The number of rotatable bonds is 4. The van der Waals surface area contributed by atoms with Crippen molar-refractivity contribution in [3.63, 3.8) is 0 Å². The third-order valence-electron chi connectivity index (χ3n) is 5.52. The van der Waals surface area contributed by atoms with Gasteiger partial charge in [0.15, 0.2) is 0 Å². The second kappa shape index (κ2) is 9.08. The van der Waals surface area contributed by atoms with Gasteiger partial charge in [-0.2, -0.15) is 0 Å². The zero-order valence-electron chi connectivity index (χ0n) is 15.3. The molecule has 4 rings (SSSR count). The fraction of sp³-hybridized carbons (Fsp3) is 0.429. The van der Waals surface area contributed by atoms with Gasteiger partial charge in [0.05, 0.1) is 18.9 Å². The molecule has 0 spiro atoms. The lowest BCUT2D eigenvalue weighted by Gasteiger charge is -2.36. The van der Waals surface area contributed by atoms with Gasteiger partial charge < -0.3 is 14.9 Å². The Morgan fingerprint density at radius 2 is 2.04 bits per heavy atom. The van der Waals surface area contributed by atoms with Crippen LogP contribution in [0, 0.1) is 11.3 Å². The number of fused-ring (bicyclic) bond motifs is 1. The number of aliphatic hydroxyl groups is 1. The van der Waals surface area contributed by atoms with Crippen LogP contribution in [0.5, 0.6) is 0 Å². The van der Waals surface area contributed by atoms with Crippen LogP contribution in [0.1, 0.15) is 12.0 Å². The number of carboxylic acid groups (broad SMARTS) is 1. The largest absolute Gasteiger partial charge is 0.483 e. The van der Waals surface area contributed by atoms with E-state index in [0.717, 1.165) is 43.9 Å². The molecule has 2 saturated heterocycles. The molecule has 0 aliphatic carbocycles. The maximum atomic E-state index is 9.88. The van der Waals surface area contributed by atoms with E-state index in [1.807, 2.05) is 24.4 Å². The molecule has 144 valence electrons. The first-order chi connectivity index (χ1) is 13.2. The predicted octanol–water partition coefficient (Wildman–Crippen LogP) is 2.28. The smallest absolute Gasteiger partial charge is 0.290 e. The summed E-state index contributed by atoms with van der Waals surface area (Å²) in [7, 11) is 0. The SMILES string of the molecule is O=CO.OC[C@]12COCC[C@H]1CN(Cc1ccc(-c3ccccn3)cc1)C2. The molecular weight excluding hydrogens is 344 g/mol. The molecule has 0 saturated carbocycles. The quantitative estimate of drug-likeness (QED) is 0.804. The standard InChI is InChI=1S/C20H24N2O2.CH2O2/c23-14-20-13-22(12-18(20)8-10-24-15-20)11-16-4-6-17(7-5-16)19-3-1-2-9-21-19;2-1-3/h1-7,9,18,23H,8,10-15H2;1H,(H,2,3)/t18-,20+;/m0./s1. The topological polar surface area (TPSA) is 82.9 Å². The van der Waals surface area contributed by atoms with Gasteiger partial charge in [-0.05, 0) is 30.0 Å². The average Bonchev–Trinajstić information content (AvgIpc) is 3.08. The number of carbonyl (C=O) groups is 1. The van der Waals surface area contributed by atoms with Crippen molar-refractivity contribution in [3.05, 3.63) is 54.2 Å². The number of likely N-dealkylation sites (tertiary alicyclic amines) is 1. The highest BCUT2D eigenvalue weighted by atomic mass is 16.5. The number of aromatic nitrogens is 1. The summed E-state index contributed by atoms with van der Waals surface area (Å²) in [6.07, 6.45) is 2.89. The third kappa shape index (κ3) is 4.53. The Labute approximate surface area is 159 Å². The fourth-order valence-electron chi connectivity index (χ4n) is 4.12. The van der Waals surface area contributed by atoms with E-state index in [2.05, 4.69) is 34.1 Å². The van der Waals surface area contributed by atoms with E-state index in [4.69, 9.17) is 14.6 Å². The lowest BCUT2D eigenvalue weighted by atomic mass is 9.76. The summed E-state index contributed by atoms with van der Waals surface area (Å²) < 4.78 is 5.65. The Morgan fingerprint density at radius 1 is 1.26 bits per heavy atom. The van der Waals surface area contributed by atoms with Crippen LogP contribution >= 0.6 is 0 Å². The minimum absolute atomic E-state index is 0.0495.